The van der Waals surface area contributed by atoms with Crippen molar-refractivity contribution in [2.75, 3.05) is 6.54 Å². The van der Waals surface area contributed by atoms with E-state index in [9.17, 15) is 4.79 Å². The maximum Gasteiger partial charge on any atom is 0.241 e. The molecule has 1 N–H and O–H groups in total. The lowest BCUT2D eigenvalue weighted by molar-refractivity contribution is -0.131. The van der Waals surface area contributed by atoms with E-state index in [0.717, 1.165) is 19.4 Å². The number of hydrogen-bond donors (Lipinski definition) is 1. The highest BCUT2D eigenvalue weighted by molar-refractivity contribution is 5.84. The largest absolute Gasteiger partial charge is 0.326 e. The van der Waals surface area contributed by atoms with Crippen LogP contribution in [0.5, 0.6) is 0 Å². The average molecular weight is 240 g/mol. The fourth-order valence-electron chi connectivity index (χ4n) is 2.16. The van der Waals surface area contributed by atoms with Crippen molar-refractivity contribution in [3.8, 4) is 0 Å². The van der Waals surface area contributed by atoms with E-state index in [2.05, 4.69) is 46.9 Å². The molecule has 1 amide bonds. The molecule has 0 saturated carbocycles. The molecule has 3 heteroatoms. The molecule has 1 rings (SSSR count). The zero-order valence-corrected chi connectivity index (χ0v) is 12.2. The molecule has 0 aromatic rings. The molecular formula is C14H28N2O. The third-order valence-electron chi connectivity index (χ3n) is 4.09. The summed E-state index contributed by atoms with van der Waals surface area (Å²) >= 11 is 0. The zero-order valence-electron chi connectivity index (χ0n) is 12.2. The van der Waals surface area contributed by atoms with E-state index in [1.165, 1.54) is 0 Å². The summed E-state index contributed by atoms with van der Waals surface area (Å²) in [5.41, 5.74) is 0.253. The Morgan fingerprint density at radius 3 is 2.29 bits per heavy atom. The Labute approximate surface area is 106 Å². The maximum atomic E-state index is 12.2. The summed E-state index contributed by atoms with van der Waals surface area (Å²) in [6.07, 6.45) is 2.10. The number of carbonyl (C=O) groups excluding carboxylic acids is 1. The van der Waals surface area contributed by atoms with Crippen molar-refractivity contribution in [1.82, 2.24) is 10.2 Å². The van der Waals surface area contributed by atoms with Crippen LogP contribution in [0.3, 0.4) is 0 Å². The standard InChI is InChI=1S/C14H28N2O/c1-7-11-13(17)16(12(8-2)15-11)9-10(3)14(4,5)6/h10-12,15H,7-9H2,1-6H3. The smallest absolute Gasteiger partial charge is 0.241 e. The van der Waals surface area contributed by atoms with Crippen molar-refractivity contribution in [3.63, 3.8) is 0 Å². The quantitative estimate of drug-likeness (QED) is 0.819. The first-order chi connectivity index (χ1) is 7.81. The van der Waals surface area contributed by atoms with Crippen LogP contribution >= 0.6 is 0 Å². The molecule has 1 aliphatic heterocycles. The first-order valence-corrected chi connectivity index (χ1v) is 6.87. The van der Waals surface area contributed by atoms with Crippen LogP contribution in [-0.2, 0) is 4.79 Å². The van der Waals surface area contributed by atoms with E-state index in [1.807, 2.05) is 4.90 Å². The third kappa shape index (κ3) is 3.21. The van der Waals surface area contributed by atoms with Crippen LogP contribution in [0, 0.1) is 11.3 Å². The van der Waals surface area contributed by atoms with E-state index in [-0.39, 0.29) is 23.5 Å². The van der Waals surface area contributed by atoms with Gasteiger partial charge in [0.1, 0.15) is 0 Å². The summed E-state index contributed by atoms with van der Waals surface area (Å²) < 4.78 is 0. The van der Waals surface area contributed by atoms with Gasteiger partial charge < -0.3 is 4.90 Å². The Balaban J connectivity index is 2.71. The number of nitrogens with zero attached hydrogens (tertiary/aromatic N) is 1. The SMILES string of the molecule is CCC1NC(CC)N(CC(C)C(C)(C)C)C1=O. The molecule has 17 heavy (non-hydrogen) atoms. The van der Waals surface area contributed by atoms with Crippen molar-refractivity contribution in [2.45, 2.75) is 66.6 Å². The van der Waals surface area contributed by atoms with Crippen LogP contribution < -0.4 is 5.32 Å². The number of nitrogens with one attached hydrogen (secondary N) is 1. The second-order valence-electron chi connectivity index (χ2n) is 6.31. The number of hydrogen-bond acceptors (Lipinski definition) is 2. The predicted octanol–water partition coefficient (Wildman–Crippen LogP) is 2.62. The van der Waals surface area contributed by atoms with Gasteiger partial charge >= 0.3 is 0 Å². The molecule has 1 heterocycles. The lowest BCUT2D eigenvalue weighted by atomic mass is 9.82. The van der Waals surface area contributed by atoms with Crippen molar-refractivity contribution >= 4 is 5.91 Å². The highest BCUT2D eigenvalue weighted by Crippen LogP contribution is 2.28. The van der Waals surface area contributed by atoms with Gasteiger partial charge in [0.05, 0.1) is 12.2 Å². The van der Waals surface area contributed by atoms with E-state index in [0.29, 0.717) is 5.92 Å². The van der Waals surface area contributed by atoms with Crippen LogP contribution in [0.25, 0.3) is 0 Å². The monoisotopic (exact) mass is 240 g/mol. The van der Waals surface area contributed by atoms with Crippen LogP contribution in [0.15, 0.2) is 0 Å². The van der Waals surface area contributed by atoms with E-state index >= 15 is 0 Å². The Bertz CT molecular complexity index is 270. The van der Waals surface area contributed by atoms with Crippen molar-refractivity contribution in [3.05, 3.63) is 0 Å². The molecule has 3 nitrogen and oxygen atoms in total. The minimum atomic E-state index is 0.0344. The molecule has 0 aliphatic carbocycles. The molecule has 3 unspecified atom stereocenters. The molecule has 0 aromatic carbocycles. The topological polar surface area (TPSA) is 32.3 Å². The number of amides is 1. The fraction of sp³-hybridized carbons (Fsp3) is 0.929. The van der Waals surface area contributed by atoms with Gasteiger partial charge in [-0.2, -0.15) is 0 Å². The Morgan fingerprint density at radius 2 is 1.88 bits per heavy atom. The van der Waals surface area contributed by atoms with Gasteiger partial charge in [-0.05, 0) is 24.2 Å². The summed E-state index contributed by atoms with van der Waals surface area (Å²) in [7, 11) is 0. The lowest BCUT2D eigenvalue weighted by Crippen LogP contribution is -2.42. The van der Waals surface area contributed by atoms with E-state index < -0.39 is 0 Å². The van der Waals surface area contributed by atoms with Crippen LogP contribution in [0.2, 0.25) is 0 Å². The lowest BCUT2D eigenvalue weighted by Gasteiger charge is -2.33. The van der Waals surface area contributed by atoms with E-state index in [1.54, 1.807) is 0 Å². The Morgan fingerprint density at radius 1 is 1.29 bits per heavy atom. The summed E-state index contributed by atoms with van der Waals surface area (Å²) in [6.45, 7) is 14.0. The Kier molecular flexibility index (Phi) is 4.59. The van der Waals surface area contributed by atoms with Gasteiger partial charge in [0.25, 0.3) is 0 Å². The molecule has 0 radical (unpaired) electrons. The molecule has 0 aromatic heterocycles. The summed E-state index contributed by atoms with van der Waals surface area (Å²) in [4.78, 5) is 14.3. The first kappa shape index (κ1) is 14.5. The highest BCUT2D eigenvalue weighted by Gasteiger charge is 2.38. The minimum absolute atomic E-state index is 0.0344. The van der Waals surface area contributed by atoms with Crippen molar-refractivity contribution in [2.24, 2.45) is 11.3 Å². The molecular weight excluding hydrogens is 212 g/mol. The highest BCUT2D eigenvalue weighted by atomic mass is 16.2. The van der Waals surface area contributed by atoms with Gasteiger partial charge in [0.2, 0.25) is 5.91 Å². The second kappa shape index (κ2) is 5.38. The molecule has 3 atom stereocenters. The maximum absolute atomic E-state index is 12.2. The number of rotatable bonds is 4. The second-order valence-corrected chi connectivity index (χ2v) is 6.31. The van der Waals surface area contributed by atoms with Gasteiger partial charge in [0.15, 0.2) is 0 Å². The van der Waals surface area contributed by atoms with Gasteiger partial charge in [-0.3, -0.25) is 10.1 Å². The van der Waals surface area contributed by atoms with Gasteiger partial charge in [-0.25, -0.2) is 0 Å². The average Bonchev–Trinajstić information content (AvgIpc) is 2.54. The van der Waals surface area contributed by atoms with Crippen LogP contribution in [-0.4, -0.2) is 29.6 Å². The minimum Gasteiger partial charge on any atom is -0.326 e. The van der Waals surface area contributed by atoms with Crippen molar-refractivity contribution < 1.29 is 4.79 Å². The molecule has 1 saturated heterocycles. The van der Waals surface area contributed by atoms with Crippen LogP contribution in [0.1, 0.15) is 54.4 Å². The third-order valence-corrected chi connectivity index (χ3v) is 4.09. The molecule has 0 bridgehead atoms. The van der Waals surface area contributed by atoms with Crippen molar-refractivity contribution in [1.29, 1.82) is 0 Å². The van der Waals surface area contributed by atoms with Gasteiger partial charge in [-0.1, -0.05) is 41.5 Å². The summed E-state index contributed by atoms with van der Waals surface area (Å²) in [5.74, 6) is 0.799. The predicted molar refractivity (Wildman–Crippen MR) is 71.6 cm³/mol. The summed E-state index contributed by atoms with van der Waals surface area (Å²) in [5, 5.41) is 3.42. The molecule has 1 aliphatic rings. The zero-order chi connectivity index (χ0) is 13.2. The fourth-order valence-corrected chi connectivity index (χ4v) is 2.16. The first-order valence-electron chi connectivity index (χ1n) is 6.87. The summed E-state index contributed by atoms with van der Waals surface area (Å²) in [6, 6.07) is 0.0344. The van der Waals surface area contributed by atoms with Gasteiger partial charge in [0, 0.05) is 6.54 Å². The number of carbonyl (C=O) groups is 1. The van der Waals surface area contributed by atoms with Gasteiger partial charge in [-0.15, -0.1) is 0 Å². The van der Waals surface area contributed by atoms with Crippen LogP contribution in [0.4, 0.5) is 0 Å². The molecule has 0 spiro atoms. The van der Waals surface area contributed by atoms with E-state index in [4.69, 9.17) is 0 Å². The normalized spacial score (nSPS) is 27.6. The Hall–Kier alpha value is -0.570. The molecule has 1 fully saturated rings. The molecule has 100 valence electrons.